The van der Waals surface area contributed by atoms with E-state index in [1.54, 1.807) is 0 Å². The van der Waals surface area contributed by atoms with E-state index in [1.165, 1.54) is 13.2 Å². The van der Waals surface area contributed by atoms with Crippen molar-refractivity contribution in [3.8, 4) is 0 Å². The number of allylic oxidation sites excluding steroid dienone is 2. The maximum absolute atomic E-state index is 11.3. The van der Waals surface area contributed by atoms with Crippen molar-refractivity contribution < 1.29 is 14.3 Å². The average molecular weight is 195 g/mol. The highest BCUT2D eigenvalue weighted by Gasteiger charge is 2.25. The smallest absolute Gasteiger partial charge is 0.343 e. The molecule has 1 N–H and O–H groups in total. The highest BCUT2D eigenvalue weighted by molar-refractivity contribution is 6.19. The van der Waals surface area contributed by atoms with E-state index in [0.29, 0.717) is 5.70 Å². The monoisotopic (exact) mass is 195 g/mol. The van der Waals surface area contributed by atoms with Gasteiger partial charge in [-0.3, -0.25) is 4.79 Å². The summed E-state index contributed by atoms with van der Waals surface area (Å²) in [6.07, 6.45) is 2.37. The normalized spacial score (nSPS) is 18.8. The summed E-state index contributed by atoms with van der Waals surface area (Å²) in [6.45, 7) is 3.89. The van der Waals surface area contributed by atoms with Crippen LogP contribution in [0.15, 0.2) is 22.9 Å². The Morgan fingerprint density at radius 1 is 1.57 bits per heavy atom. The van der Waals surface area contributed by atoms with Crippen molar-refractivity contribution >= 4 is 11.9 Å². The van der Waals surface area contributed by atoms with Gasteiger partial charge in [-0.2, -0.15) is 0 Å². The van der Waals surface area contributed by atoms with E-state index in [4.69, 9.17) is 0 Å². The fourth-order valence-electron chi connectivity index (χ4n) is 1.12. The Morgan fingerprint density at radius 3 is 2.71 bits per heavy atom. The van der Waals surface area contributed by atoms with E-state index in [9.17, 15) is 9.59 Å². The van der Waals surface area contributed by atoms with Gasteiger partial charge >= 0.3 is 5.97 Å². The van der Waals surface area contributed by atoms with E-state index in [-0.39, 0.29) is 11.5 Å². The standard InChI is InChI=1S/C10H13NO3/c1-4-6(2)8-5-7(9(12)11-8)10(13)14-3/h5H,4H2,1-3H3,(H,11,12)/b8-6+. The van der Waals surface area contributed by atoms with Gasteiger partial charge in [0.2, 0.25) is 0 Å². The molecular formula is C10H13NO3. The number of carbonyl (C=O) groups excluding carboxylic acids is 2. The molecule has 0 saturated carbocycles. The number of rotatable bonds is 2. The van der Waals surface area contributed by atoms with Crippen LogP contribution in [0.3, 0.4) is 0 Å². The molecule has 1 amide bonds. The Bertz CT molecular complexity index is 339. The minimum Gasteiger partial charge on any atom is -0.465 e. The number of amides is 1. The van der Waals surface area contributed by atoms with Gasteiger partial charge in [0, 0.05) is 5.70 Å². The van der Waals surface area contributed by atoms with Crippen LogP contribution in [0.5, 0.6) is 0 Å². The molecule has 0 aromatic rings. The van der Waals surface area contributed by atoms with Crippen LogP contribution in [0.1, 0.15) is 20.3 Å². The summed E-state index contributed by atoms with van der Waals surface area (Å²) in [4.78, 5) is 22.4. The van der Waals surface area contributed by atoms with Gasteiger partial charge in [-0.25, -0.2) is 4.79 Å². The first-order valence-electron chi connectivity index (χ1n) is 4.41. The lowest BCUT2D eigenvalue weighted by Gasteiger charge is -2.00. The van der Waals surface area contributed by atoms with Crippen LogP contribution >= 0.6 is 0 Å². The van der Waals surface area contributed by atoms with Crippen LogP contribution in [0, 0.1) is 0 Å². The first-order chi connectivity index (χ1) is 6.60. The van der Waals surface area contributed by atoms with Crippen LogP contribution in [-0.2, 0) is 14.3 Å². The molecule has 0 atom stereocenters. The lowest BCUT2D eigenvalue weighted by atomic mass is 10.2. The number of methoxy groups -OCH3 is 1. The summed E-state index contributed by atoms with van der Waals surface area (Å²) in [5.41, 5.74) is 1.81. The third-order valence-corrected chi connectivity index (χ3v) is 2.18. The van der Waals surface area contributed by atoms with Crippen molar-refractivity contribution in [2.24, 2.45) is 0 Å². The highest BCUT2D eigenvalue weighted by atomic mass is 16.5. The summed E-state index contributed by atoms with van der Waals surface area (Å²) in [5.74, 6) is -0.985. The minimum absolute atomic E-state index is 0.0651. The van der Waals surface area contributed by atoms with Crippen molar-refractivity contribution in [3.05, 3.63) is 22.9 Å². The highest BCUT2D eigenvalue weighted by Crippen LogP contribution is 2.16. The number of carbonyl (C=O) groups is 2. The molecule has 76 valence electrons. The summed E-state index contributed by atoms with van der Waals surface area (Å²) in [5, 5.41) is 2.62. The quantitative estimate of drug-likeness (QED) is 0.526. The molecule has 4 nitrogen and oxygen atoms in total. The zero-order valence-electron chi connectivity index (χ0n) is 8.51. The molecule has 0 unspecified atom stereocenters. The van der Waals surface area contributed by atoms with Gasteiger partial charge in [0.1, 0.15) is 5.57 Å². The van der Waals surface area contributed by atoms with Gasteiger partial charge in [0.15, 0.2) is 0 Å². The molecule has 4 heteroatoms. The van der Waals surface area contributed by atoms with Gasteiger partial charge < -0.3 is 10.1 Å². The first kappa shape index (κ1) is 10.5. The van der Waals surface area contributed by atoms with Gasteiger partial charge in [-0.05, 0) is 25.0 Å². The molecule has 1 heterocycles. The zero-order chi connectivity index (χ0) is 10.7. The number of hydrogen-bond acceptors (Lipinski definition) is 3. The van der Waals surface area contributed by atoms with Crippen LogP contribution in [0.25, 0.3) is 0 Å². The largest absolute Gasteiger partial charge is 0.465 e. The van der Waals surface area contributed by atoms with E-state index in [2.05, 4.69) is 10.1 Å². The van der Waals surface area contributed by atoms with Crippen molar-refractivity contribution in [3.63, 3.8) is 0 Å². The van der Waals surface area contributed by atoms with Crippen molar-refractivity contribution in [2.45, 2.75) is 20.3 Å². The molecule has 0 aromatic heterocycles. The van der Waals surface area contributed by atoms with E-state index in [0.717, 1.165) is 12.0 Å². The number of nitrogens with one attached hydrogen (secondary N) is 1. The lowest BCUT2D eigenvalue weighted by molar-refractivity contribution is -0.137. The maximum Gasteiger partial charge on any atom is 0.343 e. The third-order valence-electron chi connectivity index (χ3n) is 2.18. The summed E-state index contributed by atoms with van der Waals surface area (Å²) in [6, 6.07) is 0. The first-order valence-corrected chi connectivity index (χ1v) is 4.41. The molecule has 0 aromatic carbocycles. The van der Waals surface area contributed by atoms with Gasteiger partial charge in [0.05, 0.1) is 7.11 Å². The Morgan fingerprint density at radius 2 is 2.21 bits per heavy atom. The van der Waals surface area contributed by atoms with Crippen LogP contribution in [-0.4, -0.2) is 19.0 Å². The van der Waals surface area contributed by atoms with Gasteiger partial charge in [-0.15, -0.1) is 0 Å². The summed E-state index contributed by atoms with van der Waals surface area (Å²) < 4.78 is 4.48. The fourth-order valence-corrected chi connectivity index (χ4v) is 1.12. The number of esters is 1. The van der Waals surface area contributed by atoms with E-state index in [1.807, 2.05) is 13.8 Å². The second-order valence-electron chi connectivity index (χ2n) is 3.05. The van der Waals surface area contributed by atoms with Gasteiger partial charge in [0.25, 0.3) is 5.91 Å². The van der Waals surface area contributed by atoms with E-state index < -0.39 is 5.97 Å². The molecule has 1 aliphatic heterocycles. The Kier molecular flexibility index (Phi) is 3.06. The van der Waals surface area contributed by atoms with Crippen molar-refractivity contribution in [2.75, 3.05) is 7.11 Å². The average Bonchev–Trinajstić information content (AvgIpc) is 2.58. The van der Waals surface area contributed by atoms with Crippen LogP contribution in [0.2, 0.25) is 0 Å². The zero-order valence-corrected chi connectivity index (χ0v) is 8.51. The molecular weight excluding hydrogens is 182 g/mol. The molecule has 1 aliphatic rings. The van der Waals surface area contributed by atoms with Crippen LogP contribution in [0.4, 0.5) is 0 Å². The molecule has 0 radical (unpaired) electrons. The number of ether oxygens (including phenoxy) is 1. The molecule has 0 saturated heterocycles. The number of hydrogen-bond donors (Lipinski definition) is 1. The van der Waals surface area contributed by atoms with Gasteiger partial charge in [-0.1, -0.05) is 6.92 Å². The molecule has 14 heavy (non-hydrogen) atoms. The molecule has 1 rings (SSSR count). The maximum atomic E-state index is 11.3. The predicted molar refractivity (Wildman–Crippen MR) is 51.2 cm³/mol. The lowest BCUT2D eigenvalue weighted by Crippen LogP contribution is -2.21. The third kappa shape index (κ3) is 1.84. The Labute approximate surface area is 82.6 Å². The summed E-state index contributed by atoms with van der Waals surface area (Å²) >= 11 is 0. The van der Waals surface area contributed by atoms with Crippen LogP contribution < -0.4 is 5.32 Å². The predicted octanol–water partition coefficient (Wildman–Crippen LogP) is 0.900. The SMILES string of the molecule is CC/C(C)=C1\C=C(C(=O)OC)C(=O)N1. The second kappa shape index (κ2) is 4.09. The molecule has 0 spiro atoms. The molecule has 0 aliphatic carbocycles. The van der Waals surface area contributed by atoms with E-state index >= 15 is 0 Å². The van der Waals surface area contributed by atoms with Crippen molar-refractivity contribution in [1.29, 1.82) is 0 Å². The fraction of sp³-hybridized carbons (Fsp3) is 0.400. The summed E-state index contributed by atoms with van der Waals surface area (Å²) in [7, 11) is 1.25. The Balaban J connectivity index is 2.99. The molecule has 0 fully saturated rings. The molecule has 0 bridgehead atoms. The minimum atomic E-state index is -0.596. The second-order valence-corrected chi connectivity index (χ2v) is 3.05. The topological polar surface area (TPSA) is 55.4 Å². The van der Waals surface area contributed by atoms with Crippen molar-refractivity contribution in [1.82, 2.24) is 5.32 Å². The Hall–Kier alpha value is -1.58.